The van der Waals surface area contributed by atoms with Gasteiger partial charge < -0.3 is 9.47 Å². The van der Waals surface area contributed by atoms with Crippen LogP contribution in [0.25, 0.3) is 0 Å². The maximum atomic E-state index is 11.1. The molecule has 5 nitrogen and oxygen atoms in total. The summed E-state index contributed by atoms with van der Waals surface area (Å²) in [6.45, 7) is 3.01. The maximum absolute atomic E-state index is 11.1. The van der Waals surface area contributed by atoms with Crippen LogP contribution in [0.4, 0.5) is 5.69 Å². The van der Waals surface area contributed by atoms with Gasteiger partial charge in [0.05, 0.1) is 11.5 Å². The van der Waals surface area contributed by atoms with E-state index >= 15 is 0 Å². The van der Waals surface area contributed by atoms with Crippen molar-refractivity contribution in [3.05, 3.63) is 63.2 Å². The number of unbranched alkanes of at least 4 members (excludes halogenated alkanes) is 7. The number of rotatable bonds is 14. The van der Waals surface area contributed by atoms with Gasteiger partial charge in [-0.15, -0.1) is 0 Å². The second kappa shape index (κ2) is 13.0. The smallest absolute Gasteiger partial charge is 0.270 e. The van der Waals surface area contributed by atoms with E-state index in [-0.39, 0.29) is 12.3 Å². The molecular weight excluding hydrogens is 390 g/mol. The van der Waals surface area contributed by atoms with Crippen LogP contribution < -0.4 is 9.47 Å². The van der Waals surface area contributed by atoms with Crippen molar-refractivity contribution in [1.29, 1.82) is 0 Å². The lowest BCUT2D eigenvalue weighted by atomic mass is 10.1. The predicted molar refractivity (Wildman–Crippen MR) is 117 cm³/mol. The molecule has 0 spiro atoms. The Hall–Kier alpha value is -2.27. The monoisotopic (exact) mass is 419 g/mol. The minimum absolute atomic E-state index is 0.0270. The SMILES string of the molecule is CCCCCCCCCCOc1ccc([N+](=O)[O-])cc1COc1ccc(Cl)cc1. The fourth-order valence-electron chi connectivity index (χ4n) is 3.04. The van der Waals surface area contributed by atoms with Crippen LogP contribution in [0.2, 0.25) is 5.02 Å². The van der Waals surface area contributed by atoms with Crippen molar-refractivity contribution >= 4 is 17.3 Å². The number of nitro groups is 1. The van der Waals surface area contributed by atoms with Crippen molar-refractivity contribution in [2.45, 2.75) is 64.9 Å². The van der Waals surface area contributed by atoms with E-state index in [1.165, 1.54) is 50.7 Å². The first-order chi connectivity index (χ1) is 14.1. The molecule has 158 valence electrons. The first-order valence-electron chi connectivity index (χ1n) is 10.4. The van der Waals surface area contributed by atoms with Crippen LogP contribution in [-0.2, 0) is 6.61 Å². The van der Waals surface area contributed by atoms with E-state index in [9.17, 15) is 10.1 Å². The summed E-state index contributed by atoms with van der Waals surface area (Å²) in [5.74, 6) is 1.28. The van der Waals surface area contributed by atoms with Crippen molar-refractivity contribution in [2.24, 2.45) is 0 Å². The molecule has 0 radical (unpaired) electrons. The minimum atomic E-state index is -0.409. The largest absolute Gasteiger partial charge is 0.493 e. The van der Waals surface area contributed by atoms with Crippen molar-refractivity contribution in [3.8, 4) is 11.5 Å². The normalized spacial score (nSPS) is 10.7. The third-order valence-electron chi connectivity index (χ3n) is 4.72. The molecule has 0 amide bonds. The molecule has 0 unspecified atom stereocenters. The molecule has 0 aliphatic rings. The molecule has 2 aromatic rings. The average Bonchev–Trinajstić information content (AvgIpc) is 2.72. The zero-order valence-electron chi connectivity index (χ0n) is 17.1. The van der Waals surface area contributed by atoms with E-state index < -0.39 is 4.92 Å². The van der Waals surface area contributed by atoms with Gasteiger partial charge in [-0.05, 0) is 36.8 Å². The number of hydrogen-bond acceptors (Lipinski definition) is 4. The van der Waals surface area contributed by atoms with Crippen LogP contribution in [0.3, 0.4) is 0 Å². The number of halogens is 1. The average molecular weight is 420 g/mol. The lowest BCUT2D eigenvalue weighted by molar-refractivity contribution is -0.385. The second-order valence-electron chi connectivity index (χ2n) is 7.12. The van der Waals surface area contributed by atoms with Crippen LogP contribution in [0.1, 0.15) is 63.9 Å². The van der Waals surface area contributed by atoms with E-state index in [1.54, 1.807) is 30.3 Å². The molecule has 0 aliphatic heterocycles. The summed E-state index contributed by atoms with van der Waals surface area (Å²) in [6.07, 6.45) is 9.84. The molecule has 6 heteroatoms. The van der Waals surface area contributed by atoms with Gasteiger partial charge in [0.2, 0.25) is 0 Å². The molecular formula is C23H30ClNO4. The van der Waals surface area contributed by atoms with Gasteiger partial charge in [0.15, 0.2) is 0 Å². The van der Waals surface area contributed by atoms with Gasteiger partial charge in [0, 0.05) is 22.7 Å². The Morgan fingerprint density at radius 1 is 0.897 bits per heavy atom. The molecule has 2 rings (SSSR count). The van der Waals surface area contributed by atoms with E-state index in [0.29, 0.717) is 28.7 Å². The Kier molecular flexibility index (Phi) is 10.4. The van der Waals surface area contributed by atoms with Gasteiger partial charge in [0.1, 0.15) is 18.1 Å². The summed E-state index contributed by atoms with van der Waals surface area (Å²) in [6, 6.07) is 11.6. The van der Waals surface area contributed by atoms with Crippen molar-refractivity contribution < 1.29 is 14.4 Å². The summed E-state index contributed by atoms with van der Waals surface area (Å²) in [7, 11) is 0. The highest BCUT2D eigenvalue weighted by Gasteiger charge is 2.13. The Morgan fingerprint density at radius 3 is 2.21 bits per heavy atom. The van der Waals surface area contributed by atoms with Crippen LogP contribution in [0, 0.1) is 10.1 Å². The van der Waals surface area contributed by atoms with Gasteiger partial charge in [-0.1, -0.05) is 63.5 Å². The summed E-state index contributed by atoms with van der Waals surface area (Å²) in [5, 5.41) is 11.7. The third kappa shape index (κ3) is 8.73. The highest BCUT2D eigenvalue weighted by molar-refractivity contribution is 6.30. The van der Waals surface area contributed by atoms with Gasteiger partial charge in [-0.3, -0.25) is 10.1 Å². The molecule has 0 atom stereocenters. The summed E-state index contributed by atoms with van der Waals surface area (Å²) < 4.78 is 11.7. The number of non-ortho nitro benzene ring substituents is 1. The van der Waals surface area contributed by atoms with E-state index in [0.717, 1.165) is 12.8 Å². The van der Waals surface area contributed by atoms with Gasteiger partial charge in [-0.25, -0.2) is 0 Å². The number of nitrogens with zero attached hydrogens (tertiary/aromatic N) is 1. The van der Waals surface area contributed by atoms with E-state index in [1.807, 2.05) is 0 Å². The van der Waals surface area contributed by atoms with Gasteiger partial charge >= 0.3 is 0 Å². The molecule has 0 aliphatic carbocycles. The van der Waals surface area contributed by atoms with E-state index in [2.05, 4.69) is 6.92 Å². The quantitative estimate of drug-likeness (QED) is 0.182. The Bertz CT molecular complexity index is 749. The second-order valence-corrected chi connectivity index (χ2v) is 7.55. The number of hydrogen-bond donors (Lipinski definition) is 0. The fraction of sp³-hybridized carbons (Fsp3) is 0.478. The predicted octanol–water partition coefficient (Wildman–Crippen LogP) is 7.35. The Labute approximate surface area is 178 Å². The van der Waals surface area contributed by atoms with E-state index in [4.69, 9.17) is 21.1 Å². The van der Waals surface area contributed by atoms with Gasteiger partial charge in [0.25, 0.3) is 5.69 Å². The van der Waals surface area contributed by atoms with Gasteiger partial charge in [-0.2, -0.15) is 0 Å². The highest BCUT2D eigenvalue weighted by atomic mass is 35.5. The molecule has 0 saturated carbocycles. The lowest BCUT2D eigenvalue weighted by Crippen LogP contribution is -2.04. The number of ether oxygens (including phenoxy) is 2. The minimum Gasteiger partial charge on any atom is -0.493 e. The third-order valence-corrected chi connectivity index (χ3v) is 4.97. The molecule has 0 heterocycles. The lowest BCUT2D eigenvalue weighted by Gasteiger charge is -2.13. The first kappa shape index (κ1) is 23.0. The molecule has 0 fully saturated rings. The summed E-state index contributed by atoms with van der Waals surface area (Å²) >= 11 is 5.88. The van der Waals surface area contributed by atoms with Crippen molar-refractivity contribution in [2.75, 3.05) is 6.61 Å². The maximum Gasteiger partial charge on any atom is 0.270 e. The van der Waals surface area contributed by atoms with Crippen molar-refractivity contribution in [3.63, 3.8) is 0 Å². The standard InChI is InChI=1S/C23H30ClNO4/c1-2-3-4-5-6-7-8-9-16-28-23-15-12-21(25(26)27)17-19(23)18-29-22-13-10-20(24)11-14-22/h10-15,17H,2-9,16,18H2,1H3. The zero-order chi connectivity index (χ0) is 20.9. The van der Waals surface area contributed by atoms with Crippen LogP contribution in [0.15, 0.2) is 42.5 Å². The molecule has 0 aromatic heterocycles. The summed E-state index contributed by atoms with van der Waals surface area (Å²) in [4.78, 5) is 10.7. The topological polar surface area (TPSA) is 61.6 Å². The number of nitro benzene ring substituents is 1. The van der Waals surface area contributed by atoms with Crippen molar-refractivity contribution in [1.82, 2.24) is 0 Å². The molecule has 0 bridgehead atoms. The van der Waals surface area contributed by atoms with Crippen LogP contribution >= 0.6 is 11.6 Å². The molecule has 29 heavy (non-hydrogen) atoms. The molecule has 0 N–H and O–H groups in total. The Balaban J connectivity index is 1.84. The zero-order valence-corrected chi connectivity index (χ0v) is 17.8. The number of benzene rings is 2. The van der Waals surface area contributed by atoms with Crippen LogP contribution in [0.5, 0.6) is 11.5 Å². The Morgan fingerprint density at radius 2 is 1.55 bits per heavy atom. The van der Waals surface area contributed by atoms with Crippen LogP contribution in [-0.4, -0.2) is 11.5 Å². The molecule has 0 saturated heterocycles. The summed E-state index contributed by atoms with van der Waals surface area (Å²) in [5.41, 5.74) is 0.688. The first-order valence-corrected chi connectivity index (χ1v) is 10.8. The fourth-order valence-corrected chi connectivity index (χ4v) is 3.17. The highest BCUT2D eigenvalue weighted by Crippen LogP contribution is 2.26. The molecule has 2 aromatic carbocycles.